The molecule has 0 bridgehead atoms. The number of halogens is 2. The van der Waals surface area contributed by atoms with Crippen molar-refractivity contribution < 1.29 is 29.1 Å². The van der Waals surface area contributed by atoms with E-state index in [0.29, 0.717) is 45.1 Å². The van der Waals surface area contributed by atoms with E-state index in [2.05, 4.69) is 99.8 Å². The minimum atomic E-state index is -0.833. The summed E-state index contributed by atoms with van der Waals surface area (Å²) in [6, 6.07) is 40.9. The van der Waals surface area contributed by atoms with Gasteiger partial charge in [-0.2, -0.15) is 5.26 Å². The van der Waals surface area contributed by atoms with Gasteiger partial charge in [-0.25, -0.2) is 24.9 Å². The van der Waals surface area contributed by atoms with E-state index in [9.17, 15) is 19.2 Å². The van der Waals surface area contributed by atoms with E-state index in [1.807, 2.05) is 80.0 Å². The van der Waals surface area contributed by atoms with E-state index >= 15 is 0 Å². The van der Waals surface area contributed by atoms with Crippen molar-refractivity contribution in [1.29, 1.82) is 5.26 Å². The van der Waals surface area contributed by atoms with Crippen LogP contribution >= 0.6 is 31.9 Å². The van der Waals surface area contributed by atoms with Crippen LogP contribution in [0.2, 0.25) is 0 Å². The van der Waals surface area contributed by atoms with Crippen molar-refractivity contribution in [3.8, 4) is 6.07 Å². The fourth-order valence-corrected chi connectivity index (χ4v) is 13.4. The van der Waals surface area contributed by atoms with E-state index in [4.69, 9.17) is 40.8 Å². The van der Waals surface area contributed by atoms with E-state index in [-0.39, 0.29) is 40.8 Å². The van der Waals surface area contributed by atoms with Crippen LogP contribution in [-0.2, 0) is 45.1 Å². The highest BCUT2D eigenvalue weighted by Crippen LogP contribution is 2.50. The molecule has 3 fully saturated rings. The number of aryl methyl sites for hydroxylation is 3. The zero-order chi connectivity index (χ0) is 67.7. The molecular formula is C75H69Br2N13O6. The second-order valence-corrected chi connectivity index (χ2v) is 26.6. The Labute approximate surface area is 573 Å². The number of pyridine rings is 6. The van der Waals surface area contributed by atoms with Crippen LogP contribution in [0.4, 0.5) is 34.5 Å². The number of benzene rings is 3. The lowest BCUT2D eigenvalue weighted by Crippen LogP contribution is -2.44. The molecule has 9 aromatic rings. The third-order valence-electron chi connectivity index (χ3n) is 18.1. The average molecular weight is 1410 g/mol. The fourth-order valence-electron chi connectivity index (χ4n) is 12.6. The summed E-state index contributed by atoms with van der Waals surface area (Å²) in [4.78, 5) is 96.6. The van der Waals surface area contributed by atoms with Gasteiger partial charge in [0.25, 0.3) is 23.7 Å². The van der Waals surface area contributed by atoms with Crippen LogP contribution in [0.25, 0.3) is 0 Å². The van der Waals surface area contributed by atoms with Crippen LogP contribution in [0.1, 0.15) is 152 Å². The van der Waals surface area contributed by atoms with Crippen molar-refractivity contribution in [3.05, 3.63) is 246 Å². The van der Waals surface area contributed by atoms with E-state index in [0.717, 1.165) is 137 Å². The van der Waals surface area contributed by atoms with Crippen molar-refractivity contribution in [2.45, 2.75) is 121 Å². The number of carboxylic acid groups (broad SMARTS) is 1. The van der Waals surface area contributed by atoms with Gasteiger partial charge in [0.05, 0.1) is 80.6 Å². The van der Waals surface area contributed by atoms with Gasteiger partial charge in [-0.1, -0.05) is 87.5 Å². The van der Waals surface area contributed by atoms with E-state index < -0.39 is 11.4 Å². The number of nitrogens with two attached hydrogens (primary N) is 1. The zero-order valence-electron chi connectivity index (χ0n) is 53.4. The number of fused-ring (bicyclic) bond motifs is 2. The van der Waals surface area contributed by atoms with Crippen LogP contribution in [0, 0.1) is 32.1 Å². The van der Waals surface area contributed by atoms with Crippen LogP contribution in [0.3, 0.4) is 0 Å². The molecule has 0 radical (unpaired) electrons. The molecule has 0 spiro atoms. The van der Waals surface area contributed by atoms with Gasteiger partial charge in [0.2, 0.25) is 0 Å². The van der Waals surface area contributed by atoms with Crippen LogP contribution in [0.15, 0.2) is 184 Å². The summed E-state index contributed by atoms with van der Waals surface area (Å²) in [5.74, 6) is 0.717. The van der Waals surface area contributed by atoms with Crippen molar-refractivity contribution in [2.24, 2.45) is 9.98 Å². The molecule has 6 N–H and O–H groups in total. The number of hydrogen-bond donors (Lipinski definition) is 5. The molecule has 8 heterocycles. The molecule has 0 unspecified atom stereocenters. The summed E-state index contributed by atoms with van der Waals surface area (Å²) in [5, 5.41) is 25.1. The first-order valence-electron chi connectivity index (χ1n) is 31.6. The summed E-state index contributed by atoms with van der Waals surface area (Å²) < 4.78 is 1.71. The number of carbonyl (C=O) groups is 5. The topological polar surface area (TPSA) is 294 Å². The predicted octanol–water partition coefficient (Wildman–Crippen LogP) is 14.9. The maximum Gasteiger partial charge on any atom is 0.300 e. The number of nitrogens with one attached hydrogen (secondary N) is 3. The molecule has 0 atom stereocenters. The average Bonchev–Trinajstić information content (AvgIpc) is 1.42. The number of carboxylic acids is 1. The number of nitrogen functional groups attached to an aromatic ring is 1. The van der Waals surface area contributed by atoms with Gasteiger partial charge in [-0.3, -0.25) is 38.9 Å². The van der Waals surface area contributed by atoms with Gasteiger partial charge in [0.15, 0.2) is 11.6 Å². The molecule has 3 amide bonds. The maximum absolute atomic E-state index is 13.3. The summed E-state index contributed by atoms with van der Waals surface area (Å²) in [6.45, 7) is 7.13. The van der Waals surface area contributed by atoms with Gasteiger partial charge in [-0.05, 0) is 167 Å². The molecule has 0 saturated heterocycles. The van der Waals surface area contributed by atoms with E-state index in [1.54, 1.807) is 79.4 Å². The number of amides is 3. The number of nitrogens with zero attached hydrogens (tertiary/aromatic N) is 9. The molecule has 19 nitrogen and oxygen atoms in total. The molecule has 21 heteroatoms. The number of aromatic nitrogens is 6. The smallest absolute Gasteiger partial charge is 0.300 e. The quantitative estimate of drug-likeness (QED) is 0.0677. The Morgan fingerprint density at radius 2 is 0.927 bits per heavy atom. The highest BCUT2D eigenvalue weighted by molar-refractivity contribution is 9.10. The van der Waals surface area contributed by atoms with Crippen molar-refractivity contribution >= 4 is 107 Å². The SMILES string of the molecule is CC(=O)O.Cc1cnc(N)c(CC(=O)C2(c3ccc(NC(=O)c4cccc(Br)c4)cn3)CCC2)c1.Cc1cnc2c(c1)CC(C1(c3ccc(NC(=O)c4cccc(Br)c4)cn3)CCC1)=N2.Cc1cnc2c(c1)CC(C1(c3ccc(NC(=O)c4cccc(C#N)c4)cn3)CCC1)=N2. The molecule has 2 aliphatic heterocycles. The van der Waals surface area contributed by atoms with Crippen LogP contribution < -0.4 is 21.7 Å². The first kappa shape index (κ1) is 67.1. The number of anilines is 4. The summed E-state index contributed by atoms with van der Waals surface area (Å²) in [5.41, 5.74) is 20.6. The van der Waals surface area contributed by atoms with Crippen LogP contribution in [-0.4, -0.2) is 75.9 Å². The lowest BCUT2D eigenvalue weighted by atomic mass is 9.62. The van der Waals surface area contributed by atoms with Crippen LogP contribution in [0.5, 0.6) is 0 Å². The summed E-state index contributed by atoms with van der Waals surface area (Å²) in [6.07, 6.45) is 21.4. The van der Waals surface area contributed by atoms with Gasteiger partial charge in [0, 0.05) is 98.5 Å². The third kappa shape index (κ3) is 15.1. The molecule has 5 aliphatic rings. The number of aliphatic carboxylic acids is 1. The molecule has 3 saturated carbocycles. The molecule has 6 aromatic heterocycles. The second kappa shape index (κ2) is 29.1. The Kier molecular flexibility index (Phi) is 20.4. The first-order valence-corrected chi connectivity index (χ1v) is 33.2. The molecule has 96 heavy (non-hydrogen) atoms. The Morgan fingerprint density at radius 3 is 1.31 bits per heavy atom. The maximum atomic E-state index is 13.3. The highest BCUT2D eigenvalue weighted by atomic mass is 79.9. The van der Waals surface area contributed by atoms with Crippen molar-refractivity contribution in [1.82, 2.24) is 29.9 Å². The normalized spacial score (nSPS) is 15.2. The van der Waals surface area contributed by atoms with E-state index in [1.165, 1.54) is 23.3 Å². The lowest BCUT2D eigenvalue weighted by molar-refractivity contribution is -0.134. The molecular weight excluding hydrogens is 1340 g/mol. The number of carbonyl (C=O) groups excluding carboxylic acids is 4. The minimum absolute atomic E-state index is 0.108. The van der Waals surface area contributed by atoms with Crippen molar-refractivity contribution in [2.75, 3.05) is 21.7 Å². The van der Waals surface area contributed by atoms with Crippen molar-refractivity contribution in [3.63, 3.8) is 0 Å². The zero-order valence-corrected chi connectivity index (χ0v) is 56.6. The number of aliphatic imine (C=N–C) groups is 2. The molecule has 14 rings (SSSR count). The minimum Gasteiger partial charge on any atom is -0.481 e. The molecule has 3 aromatic carbocycles. The molecule has 484 valence electrons. The lowest BCUT2D eigenvalue weighted by Gasteiger charge is -2.41. The number of ketones is 1. The Bertz CT molecular complexity index is 4570. The van der Waals surface area contributed by atoms with Gasteiger partial charge >= 0.3 is 0 Å². The van der Waals surface area contributed by atoms with Gasteiger partial charge in [-0.15, -0.1) is 0 Å². The Balaban J connectivity index is 0.000000142. The van der Waals surface area contributed by atoms with Gasteiger partial charge in [0.1, 0.15) is 11.6 Å². The predicted molar refractivity (Wildman–Crippen MR) is 378 cm³/mol. The second-order valence-electron chi connectivity index (χ2n) is 24.8. The monoisotopic (exact) mass is 1410 g/mol. The highest BCUT2D eigenvalue weighted by Gasteiger charge is 2.48. The third-order valence-corrected chi connectivity index (χ3v) is 19.1. The summed E-state index contributed by atoms with van der Waals surface area (Å²) >= 11 is 6.77. The fraction of sp³-hybridized carbons (Fsp3) is 0.253. The Hall–Kier alpha value is -10.3. The number of hydrogen-bond acceptors (Lipinski definition) is 15. The number of nitriles is 1. The summed E-state index contributed by atoms with van der Waals surface area (Å²) in [7, 11) is 0. The number of rotatable bonds is 14. The first-order chi connectivity index (χ1) is 46.2. The Morgan fingerprint density at radius 1 is 0.521 bits per heavy atom. The standard InChI is InChI=1S/C25H21N5O.C24H23BrN4O2.C24H21BrN4O.C2H4O2/c1-16-10-19-12-22(30-23(19)28-14-16)25(8-3-9-25)21-7-6-20(15-27-21)29-24(31)18-5-2-4-17(11-18)13-26;1-15-10-17(22(26)28-13-15)12-21(30)24(8-3-9-24)20-7-6-19(14-27-20)29-23(31)16-4-2-5-18(25)11-16;1-15-10-17-12-21(29-22(17)27-13-15)24(8-3-9-24)20-7-6-19(14-26-20)28-23(30)16-4-2-5-18(25)11-16;1-2(3)4/h2,4-7,10-11,14-15H,3,8-9,12H2,1H3,(H,29,31);2,4-7,10-11,13-14H,3,8-9,12H2,1H3,(H2,26,28)(H,29,31);2,4-7,10-11,13-14H,3,8-9,12H2,1H3,(H,28,30);1H3,(H,3,4). The number of Topliss-reactive ketones (excluding diaryl/α,β-unsaturated/α-hetero) is 1. The molecule has 3 aliphatic carbocycles. The van der Waals surface area contributed by atoms with Gasteiger partial charge < -0.3 is 26.8 Å². The largest absolute Gasteiger partial charge is 0.481 e.